The van der Waals surface area contributed by atoms with E-state index in [4.69, 9.17) is 11.6 Å². The van der Waals surface area contributed by atoms with Gasteiger partial charge in [-0.15, -0.1) is 11.6 Å². The van der Waals surface area contributed by atoms with Gasteiger partial charge in [0.2, 0.25) is 0 Å². The Balaban J connectivity index is 2.47. The first-order valence-electron chi connectivity index (χ1n) is 5.78. The van der Waals surface area contributed by atoms with Crippen molar-refractivity contribution in [3.8, 4) is 0 Å². The van der Waals surface area contributed by atoms with Crippen molar-refractivity contribution in [2.24, 2.45) is 0 Å². The van der Waals surface area contributed by atoms with Gasteiger partial charge in [-0.3, -0.25) is 0 Å². The van der Waals surface area contributed by atoms with Gasteiger partial charge in [-0.05, 0) is 22.0 Å². The van der Waals surface area contributed by atoms with Crippen LogP contribution in [0.2, 0.25) is 0 Å². The predicted octanol–water partition coefficient (Wildman–Crippen LogP) is 4.67. The van der Waals surface area contributed by atoms with E-state index in [0.29, 0.717) is 23.3 Å². The summed E-state index contributed by atoms with van der Waals surface area (Å²) in [5.74, 6) is 0.124. The van der Waals surface area contributed by atoms with Gasteiger partial charge in [0.15, 0.2) is 0 Å². The summed E-state index contributed by atoms with van der Waals surface area (Å²) in [7, 11) is 0. The SMILES string of the molecule is Fc1cc2c(cc1Br)nc(CCCl)n2CCC(F)(F)F. The predicted molar refractivity (Wildman–Crippen MR) is 72.5 cm³/mol. The average Bonchev–Trinajstić information content (AvgIpc) is 2.64. The number of hydrogen-bond acceptors (Lipinski definition) is 1. The van der Waals surface area contributed by atoms with E-state index >= 15 is 0 Å². The molecular formula is C12H10BrClF4N2. The summed E-state index contributed by atoms with van der Waals surface area (Å²) in [5, 5.41) is 0. The Labute approximate surface area is 125 Å². The molecule has 0 fully saturated rings. The van der Waals surface area contributed by atoms with E-state index in [1.165, 1.54) is 16.7 Å². The fraction of sp³-hybridized carbons (Fsp3) is 0.417. The number of halogens is 6. The summed E-state index contributed by atoms with van der Waals surface area (Å²) in [6, 6.07) is 2.63. The zero-order valence-electron chi connectivity index (χ0n) is 10.1. The van der Waals surface area contributed by atoms with E-state index in [1.807, 2.05) is 0 Å². The van der Waals surface area contributed by atoms with Crippen LogP contribution < -0.4 is 0 Å². The van der Waals surface area contributed by atoms with Crippen LogP contribution in [-0.2, 0) is 13.0 Å². The molecule has 20 heavy (non-hydrogen) atoms. The molecule has 1 heterocycles. The van der Waals surface area contributed by atoms with E-state index in [0.717, 1.165) is 0 Å². The van der Waals surface area contributed by atoms with Gasteiger partial charge in [0.05, 0.1) is 21.9 Å². The summed E-state index contributed by atoms with van der Waals surface area (Å²) >= 11 is 8.66. The maximum Gasteiger partial charge on any atom is 0.390 e. The molecule has 0 aliphatic carbocycles. The van der Waals surface area contributed by atoms with Crippen molar-refractivity contribution in [2.45, 2.75) is 25.6 Å². The van der Waals surface area contributed by atoms with E-state index in [9.17, 15) is 17.6 Å². The monoisotopic (exact) mass is 372 g/mol. The first-order chi connectivity index (χ1) is 9.31. The lowest BCUT2D eigenvalue weighted by Gasteiger charge is -2.10. The summed E-state index contributed by atoms with van der Waals surface area (Å²) in [4.78, 5) is 4.22. The number of aryl methyl sites for hydroxylation is 2. The number of rotatable bonds is 4. The number of aromatic nitrogens is 2. The van der Waals surface area contributed by atoms with Crippen LogP contribution in [0.25, 0.3) is 11.0 Å². The minimum atomic E-state index is -4.28. The Morgan fingerprint density at radius 3 is 2.60 bits per heavy atom. The topological polar surface area (TPSA) is 17.8 Å². The van der Waals surface area contributed by atoms with Crippen molar-refractivity contribution < 1.29 is 17.6 Å². The molecule has 0 bridgehead atoms. The van der Waals surface area contributed by atoms with E-state index in [-0.39, 0.29) is 16.9 Å². The molecule has 1 aromatic heterocycles. The van der Waals surface area contributed by atoms with Gasteiger partial charge in [-0.1, -0.05) is 0 Å². The molecule has 0 saturated carbocycles. The van der Waals surface area contributed by atoms with E-state index in [1.54, 1.807) is 0 Å². The van der Waals surface area contributed by atoms with Crippen LogP contribution in [0, 0.1) is 5.82 Å². The van der Waals surface area contributed by atoms with Crippen LogP contribution in [-0.4, -0.2) is 21.6 Å². The van der Waals surface area contributed by atoms with Crippen LogP contribution in [0.3, 0.4) is 0 Å². The second kappa shape index (κ2) is 5.89. The first-order valence-corrected chi connectivity index (χ1v) is 7.11. The number of fused-ring (bicyclic) bond motifs is 1. The highest BCUT2D eigenvalue weighted by atomic mass is 79.9. The Morgan fingerprint density at radius 1 is 1.30 bits per heavy atom. The summed E-state index contributed by atoms with van der Waals surface area (Å²) in [6.45, 7) is -0.298. The number of hydrogen-bond donors (Lipinski definition) is 0. The van der Waals surface area contributed by atoms with Crippen LogP contribution >= 0.6 is 27.5 Å². The molecule has 0 spiro atoms. The fourth-order valence-corrected chi connectivity index (χ4v) is 2.43. The highest BCUT2D eigenvalue weighted by molar-refractivity contribution is 9.10. The van der Waals surface area contributed by atoms with Crippen LogP contribution in [0.15, 0.2) is 16.6 Å². The lowest BCUT2D eigenvalue weighted by atomic mass is 10.3. The molecule has 0 aliphatic heterocycles. The zero-order valence-corrected chi connectivity index (χ0v) is 12.5. The van der Waals surface area contributed by atoms with Crippen molar-refractivity contribution in [1.29, 1.82) is 0 Å². The summed E-state index contributed by atoms with van der Waals surface area (Å²) < 4.78 is 52.3. The van der Waals surface area contributed by atoms with E-state index in [2.05, 4.69) is 20.9 Å². The largest absolute Gasteiger partial charge is 0.390 e. The second-order valence-electron chi connectivity index (χ2n) is 4.24. The zero-order chi connectivity index (χ0) is 14.9. The van der Waals surface area contributed by atoms with Crippen molar-refractivity contribution in [2.75, 3.05) is 5.88 Å². The third-order valence-corrected chi connectivity index (χ3v) is 3.60. The van der Waals surface area contributed by atoms with Crippen LogP contribution in [0.5, 0.6) is 0 Å². The first kappa shape index (κ1) is 15.6. The molecule has 2 aromatic rings. The number of benzene rings is 1. The summed E-state index contributed by atoms with van der Waals surface area (Å²) in [6.07, 6.45) is -4.94. The van der Waals surface area contributed by atoms with Gasteiger partial charge in [0.1, 0.15) is 11.6 Å². The summed E-state index contributed by atoms with van der Waals surface area (Å²) in [5.41, 5.74) is 0.788. The Morgan fingerprint density at radius 2 is 2.00 bits per heavy atom. The minimum Gasteiger partial charge on any atom is -0.328 e. The van der Waals surface area contributed by atoms with Crippen molar-refractivity contribution in [3.05, 3.63) is 28.2 Å². The Bertz CT molecular complexity index is 624. The smallest absolute Gasteiger partial charge is 0.328 e. The third kappa shape index (κ3) is 3.44. The highest BCUT2D eigenvalue weighted by Crippen LogP contribution is 2.27. The number of alkyl halides is 4. The van der Waals surface area contributed by atoms with Gasteiger partial charge in [0, 0.05) is 24.9 Å². The molecule has 110 valence electrons. The van der Waals surface area contributed by atoms with Crippen molar-refractivity contribution in [1.82, 2.24) is 9.55 Å². The normalized spacial score (nSPS) is 12.3. The van der Waals surface area contributed by atoms with Gasteiger partial charge < -0.3 is 4.57 Å². The van der Waals surface area contributed by atoms with Crippen molar-refractivity contribution in [3.63, 3.8) is 0 Å². The highest BCUT2D eigenvalue weighted by Gasteiger charge is 2.27. The van der Waals surface area contributed by atoms with Gasteiger partial charge in [-0.2, -0.15) is 13.2 Å². The Hall–Kier alpha value is -0.820. The molecule has 0 amide bonds. The molecule has 8 heteroatoms. The quantitative estimate of drug-likeness (QED) is 0.562. The lowest BCUT2D eigenvalue weighted by molar-refractivity contribution is -0.136. The van der Waals surface area contributed by atoms with Gasteiger partial charge >= 0.3 is 6.18 Å². The average molecular weight is 374 g/mol. The molecule has 0 radical (unpaired) electrons. The second-order valence-corrected chi connectivity index (χ2v) is 5.47. The molecule has 0 unspecified atom stereocenters. The minimum absolute atomic E-state index is 0.225. The fourth-order valence-electron chi connectivity index (χ4n) is 1.93. The lowest BCUT2D eigenvalue weighted by Crippen LogP contribution is -2.14. The Kier molecular flexibility index (Phi) is 4.59. The van der Waals surface area contributed by atoms with Gasteiger partial charge in [0.25, 0.3) is 0 Å². The molecule has 2 nitrogen and oxygen atoms in total. The molecule has 0 N–H and O–H groups in total. The number of imidazole rings is 1. The van der Waals surface area contributed by atoms with E-state index < -0.39 is 18.4 Å². The van der Waals surface area contributed by atoms with Crippen LogP contribution in [0.1, 0.15) is 12.2 Å². The number of nitrogens with zero attached hydrogens (tertiary/aromatic N) is 2. The molecule has 0 atom stereocenters. The molecule has 0 saturated heterocycles. The standard InChI is InChI=1S/C12H10BrClF4N2/c13-7-5-9-10(6-8(7)15)20(4-2-12(16,17)18)11(19-9)1-3-14/h5-6H,1-4H2. The maximum atomic E-state index is 13.6. The third-order valence-electron chi connectivity index (χ3n) is 2.81. The molecule has 2 rings (SSSR count). The molecular weight excluding hydrogens is 363 g/mol. The van der Waals surface area contributed by atoms with Gasteiger partial charge in [-0.25, -0.2) is 9.37 Å². The molecule has 0 aliphatic rings. The van der Waals surface area contributed by atoms with Crippen molar-refractivity contribution >= 4 is 38.6 Å². The molecule has 1 aromatic carbocycles. The maximum absolute atomic E-state index is 13.6. The van der Waals surface area contributed by atoms with Crippen LogP contribution in [0.4, 0.5) is 17.6 Å².